The minimum atomic E-state index is -1.03. The van der Waals surface area contributed by atoms with E-state index in [0.717, 1.165) is 194 Å². The number of nitrogens with zero attached hydrogens (tertiary/aromatic N) is 10. The van der Waals surface area contributed by atoms with Crippen LogP contribution in [-0.2, 0) is 77.5 Å². The van der Waals surface area contributed by atoms with Gasteiger partial charge in [-0.1, -0.05) is 72.8 Å². The lowest BCUT2D eigenvalue weighted by Gasteiger charge is -2.24. The maximum absolute atomic E-state index is 14.6. The quantitative estimate of drug-likeness (QED) is 0.0260. The van der Waals surface area contributed by atoms with Gasteiger partial charge in [-0.3, -0.25) is 62.1 Å². The van der Waals surface area contributed by atoms with Crippen molar-refractivity contribution in [1.82, 2.24) is 64.9 Å². The van der Waals surface area contributed by atoms with Gasteiger partial charge in [0.2, 0.25) is 0 Å². The Morgan fingerprint density at radius 3 is 0.920 bits per heavy atom. The van der Waals surface area contributed by atoms with Crippen LogP contribution in [0.25, 0.3) is 45.0 Å². The summed E-state index contributed by atoms with van der Waals surface area (Å²) >= 11 is 19.7. The van der Waals surface area contributed by atoms with Gasteiger partial charge in [0.05, 0.1) is 108 Å². The molecule has 0 unspecified atom stereocenters. The first-order chi connectivity index (χ1) is 65.9. The summed E-state index contributed by atoms with van der Waals surface area (Å²) in [5, 5.41) is 35.1. The summed E-state index contributed by atoms with van der Waals surface area (Å²) in [6.45, 7) is 3.29. The second-order valence-corrected chi connectivity index (χ2v) is 40.7. The summed E-state index contributed by atoms with van der Waals surface area (Å²) in [5.74, 6) is -11.2. The third-order valence-corrected chi connectivity index (χ3v) is 30.7. The summed E-state index contributed by atoms with van der Waals surface area (Å²) in [5.41, 5.74) is 27.0. The largest absolute Gasteiger partial charge is 0.477 e. The number of hydrogen-bond acceptors (Lipinski definition) is 19. The van der Waals surface area contributed by atoms with Gasteiger partial charge in [-0.05, 0) is 236 Å². The SMILES string of the molecule is NC[C@H](Cc1cccc(F)c1F)NC(=O)c1cc2c(s1)CCCn1ncc(Br)c1-2.NC[C@H](Cc1cccc(F)c1F)NC(=O)c1cc2c(s1)CCCn1ncc(Br)c1-2.N[C@@H](Cc1cccc(F)c1F)CN1C(=O)c2ccccc2C1=O.O=C(N[C@@H](Cc1cccc(F)c1F)CN1C(=O)c2ccccc2C1=O)c1cc2c(s1)CCCn1ncc(Br)c1-2.O=C(O)c1cc2c(s1)CCCn1ncc(Br)c1-2. The van der Waals surface area contributed by atoms with Crippen molar-refractivity contribution >= 4 is 156 Å². The second-order valence-electron chi connectivity index (χ2n) is 32.7. The van der Waals surface area contributed by atoms with Crippen LogP contribution in [0.1, 0.15) is 148 Å². The number of amides is 7. The van der Waals surface area contributed by atoms with E-state index >= 15 is 0 Å². The molecule has 14 heterocycles. The number of fused-ring (bicyclic) bond motifs is 14. The van der Waals surface area contributed by atoms with E-state index in [4.69, 9.17) is 22.3 Å². The van der Waals surface area contributed by atoms with Crippen LogP contribution >= 0.6 is 109 Å². The Morgan fingerprint density at radius 1 is 0.365 bits per heavy atom. The molecule has 7 amide bonds. The summed E-state index contributed by atoms with van der Waals surface area (Å²) in [6.07, 6.45) is 14.4. The molecule has 0 spiro atoms. The van der Waals surface area contributed by atoms with Gasteiger partial charge in [0.15, 0.2) is 46.5 Å². The van der Waals surface area contributed by atoms with Crippen LogP contribution in [-0.4, -0.2) is 152 Å². The number of carbonyl (C=O) groups excluding carboxylic acids is 7. The summed E-state index contributed by atoms with van der Waals surface area (Å²) in [4.78, 5) is 109. The molecule has 0 saturated heterocycles. The zero-order chi connectivity index (χ0) is 96.9. The molecule has 20 rings (SSSR count). The Hall–Kier alpha value is -11.6. The number of imide groups is 2. The second kappa shape index (κ2) is 43.2. The van der Waals surface area contributed by atoms with Crippen molar-refractivity contribution in [3.63, 3.8) is 0 Å². The standard InChI is InChI=1S/C28H21BrF2N4O3S.2C20H19BrF2N4OS.C17H14F2N2O2.C11H9BrN2O2S/c29-20-13-32-35-10-4-9-22-19(25(20)35)12-23(39-22)26(36)33-16(11-15-5-3-8-21(30)24(15)31)14-34-27(37)17-6-1-2-7-18(17)28(34)38;2*21-14-10-25-27-6-2-5-16-13(19(14)27)8-17(29-16)20(28)26-12(9-24)7-11-3-1-4-15(22)18(11)23;18-14-7-3-4-10(15(14)19)8-11(20)9-21-16(22)12-5-1-2-6-13(12)17(21)23;12-7-5-13-14-3-1-2-8-6(10(7)14)4-9(17-8)11(15)16/h1-3,5-8,12-13,16H,4,9-11,14H2,(H,33,36);2*1,3-4,8,10,12H,2,5-7,9,24H2,(H,26,28);1-7,11H,8-9,20H2;4-5H,1-3H2,(H,15,16)/t16-;2*12-;11-;/m0000./s1. The molecule has 14 aromatic rings. The van der Waals surface area contributed by atoms with E-state index in [9.17, 15) is 73.5 Å². The van der Waals surface area contributed by atoms with Crippen LogP contribution in [0.5, 0.6) is 0 Å². The van der Waals surface area contributed by atoms with Crippen LogP contribution in [0.2, 0.25) is 0 Å². The molecule has 137 heavy (non-hydrogen) atoms. The first-order valence-corrected chi connectivity index (χ1v) is 49.7. The molecule has 6 aliphatic rings. The average Bonchev–Trinajstić information content (AvgIpc) is 1.53. The van der Waals surface area contributed by atoms with Crippen molar-refractivity contribution < 1.29 is 78.6 Å². The lowest BCUT2D eigenvalue weighted by atomic mass is 10.0. The third-order valence-electron chi connectivity index (χ3n) is 23.6. The van der Waals surface area contributed by atoms with Crippen molar-refractivity contribution in [2.45, 2.75) is 127 Å². The predicted molar refractivity (Wildman–Crippen MR) is 517 cm³/mol. The van der Waals surface area contributed by atoms with E-state index in [2.05, 4.69) is 100 Å². The van der Waals surface area contributed by atoms with Crippen molar-refractivity contribution in [3.05, 3.63) is 318 Å². The number of thiophene rings is 4. The maximum Gasteiger partial charge on any atom is 0.345 e. The number of carbonyl (C=O) groups is 8. The van der Waals surface area contributed by atoms with Gasteiger partial charge in [0.1, 0.15) is 4.88 Å². The zero-order valence-electron chi connectivity index (χ0n) is 72.2. The van der Waals surface area contributed by atoms with E-state index in [-0.39, 0.29) is 97.1 Å². The number of aryl methyl sites for hydroxylation is 8. The number of aromatic nitrogens is 8. The molecule has 0 fully saturated rings. The zero-order valence-corrected chi connectivity index (χ0v) is 81.8. The number of carboxylic acid groups (broad SMARTS) is 1. The molecule has 25 nitrogen and oxygen atoms in total. The molecular formula is C96H82Br4F8N16O9S4. The smallest absolute Gasteiger partial charge is 0.345 e. The van der Waals surface area contributed by atoms with Crippen molar-refractivity contribution in [1.29, 1.82) is 0 Å². The van der Waals surface area contributed by atoms with Crippen LogP contribution in [0.15, 0.2) is 188 Å². The number of hydrogen-bond donors (Lipinski definition) is 7. The first kappa shape index (κ1) is 98.4. The monoisotopic (exact) mass is 2200 g/mol. The van der Waals surface area contributed by atoms with Gasteiger partial charge in [-0.25, -0.2) is 39.9 Å². The molecule has 0 saturated carbocycles. The molecule has 10 N–H and O–H groups in total. The number of nitrogens with two attached hydrogens (primary N) is 3. The number of carboxylic acids is 1. The molecule has 0 aliphatic carbocycles. The van der Waals surface area contributed by atoms with E-state index in [1.807, 2.05) is 30.9 Å². The highest BCUT2D eigenvalue weighted by Gasteiger charge is 2.40. The molecule has 4 atom stereocenters. The highest BCUT2D eigenvalue weighted by atomic mass is 79.9. The molecule has 6 aliphatic heterocycles. The topological polar surface area (TPSA) is 349 Å². The maximum atomic E-state index is 14.6. The van der Waals surface area contributed by atoms with Crippen LogP contribution in [0.3, 0.4) is 0 Å². The van der Waals surface area contributed by atoms with E-state index in [1.54, 1.807) is 85.5 Å². The highest BCUT2D eigenvalue weighted by molar-refractivity contribution is 9.11. The predicted octanol–water partition coefficient (Wildman–Crippen LogP) is 18.2. The summed E-state index contributed by atoms with van der Waals surface area (Å²) < 4.78 is 122. The number of aromatic carboxylic acids is 1. The average molecular weight is 2200 g/mol. The van der Waals surface area contributed by atoms with Gasteiger partial charge >= 0.3 is 5.97 Å². The van der Waals surface area contributed by atoms with Crippen molar-refractivity contribution in [2.24, 2.45) is 17.2 Å². The minimum absolute atomic E-state index is 0.0248. The molecule has 41 heteroatoms. The fourth-order valence-corrected chi connectivity index (χ4v) is 23.4. The van der Waals surface area contributed by atoms with Gasteiger partial charge in [-0.2, -0.15) is 20.4 Å². The molecule has 8 aromatic heterocycles. The van der Waals surface area contributed by atoms with Gasteiger partial charge in [0.25, 0.3) is 41.4 Å². The fraction of sp³-hybridized carbons (Fsp3) is 0.250. The van der Waals surface area contributed by atoms with E-state index < -0.39 is 106 Å². The van der Waals surface area contributed by atoms with E-state index in [0.29, 0.717) is 30.6 Å². The van der Waals surface area contributed by atoms with E-state index in [1.165, 1.54) is 93.9 Å². The molecule has 0 radical (unpaired) electrons. The lowest BCUT2D eigenvalue weighted by molar-refractivity contribution is 0.0621. The Morgan fingerprint density at radius 2 is 0.628 bits per heavy atom. The van der Waals surface area contributed by atoms with Crippen molar-refractivity contribution in [2.75, 3.05) is 26.2 Å². The number of halogens is 12. The van der Waals surface area contributed by atoms with Crippen molar-refractivity contribution in [3.8, 4) is 45.0 Å². The van der Waals surface area contributed by atoms with Gasteiger partial charge in [0, 0.05) is 112 Å². The third kappa shape index (κ3) is 21.5. The van der Waals surface area contributed by atoms with Crippen LogP contribution in [0, 0.1) is 46.5 Å². The molecule has 0 bridgehead atoms. The Kier molecular flexibility index (Phi) is 31.0. The summed E-state index contributed by atoms with van der Waals surface area (Å²) in [6, 6.07) is 33.4. The highest BCUT2D eigenvalue weighted by Crippen LogP contribution is 2.44. The normalized spacial score (nSPS) is 14.5. The number of nitrogens with one attached hydrogen (secondary N) is 3. The summed E-state index contributed by atoms with van der Waals surface area (Å²) in [7, 11) is 0. The first-order valence-electron chi connectivity index (χ1n) is 43.2. The Bertz CT molecular complexity index is 6790. The fourth-order valence-electron chi connectivity index (χ4n) is 17.0. The number of benzene rings is 6. The lowest BCUT2D eigenvalue weighted by Crippen LogP contribution is -2.47. The van der Waals surface area contributed by atoms with Gasteiger partial charge in [-0.15, -0.1) is 45.3 Å². The Balaban J connectivity index is 0.000000127. The van der Waals surface area contributed by atoms with Crippen LogP contribution < -0.4 is 33.2 Å². The van der Waals surface area contributed by atoms with Gasteiger partial charge < -0.3 is 38.3 Å². The van der Waals surface area contributed by atoms with Crippen LogP contribution in [0.4, 0.5) is 35.1 Å². The molecular weight excluding hydrogens is 2120 g/mol. The minimum Gasteiger partial charge on any atom is -0.477 e. The molecule has 6 aromatic carbocycles. The molecule has 708 valence electrons. The Labute approximate surface area is 827 Å². The number of rotatable bonds is 21.